The molecule has 0 amide bonds. The van der Waals surface area contributed by atoms with Gasteiger partial charge in [-0.3, -0.25) is 4.90 Å². The SMILES string of the molecule is CC(CN1CCOCC1)NCc1nnc(N)s1. The van der Waals surface area contributed by atoms with Crippen LogP contribution in [0.25, 0.3) is 0 Å². The minimum absolute atomic E-state index is 0.429. The Morgan fingerprint density at radius 3 is 2.88 bits per heavy atom. The fourth-order valence-corrected chi connectivity index (χ4v) is 2.40. The van der Waals surface area contributed by atoms with Crippen molar-refractivity contribution in [3.8, 4) is 0 Å². The van der Waals surface area contributed by atoms with Gasteiger partial charge in [-0.2, -0.15) is 0 Å². The molecule has 1 aliphatic heterocycles. The average Bonchev–Trinajstić information content (AvgIpc) is 2.74. The number of morpholine rings is 1. The lowest BCUT2D eigenvalue weighted by Gasteiger charge is -2.29. The van der Waals surface area contributed by atoms with Gasteiger partial charge < -0.3 is 15.8 Å². The summed E-state index contributed by atoms with van der Waals surface area (Å²) in [5.41, 5.74) is 5.53. The van der Waals surface area contributed by atoms with Crippen LogP contribution >= 0.6 is 11.3 Å². The summed E-state index contributed by atoms with van der Waals surface area (Å²) in [5.74, 6) is 0. The Labute approximate surface area is 105 Å². The van der Waals surface area contributed by atoms with Gasteiger partial charge in [0.15, 0.2) is 0 Å². The molecule has 1 aromatic heterocycles. The first-order chi connectivity index (χ1) is 8.24. The number of nitrogens with one attached hydrogen (secondary N) is 1. The molecular weight excluding hydrogens is 238 g/mol. The number of rotatable bonds is 5. The number of nitrogen functional groups attached to an aromatic ring is 1. The fraction of sp³-hybridized carbons (Fsp3) is 0.800. The lowest BCUT2D eigenvalue weighted by molar-refractivity contribution is 0.0343. The van der Waals surface area contributed by atoms with Crippen molar-refractivity contribution in [3.05, 3.63) is 5.01 Å². The van der Waals surface area contributed by atoms with Crippen molar-refractivity contribution in [2.45, 2.75) is 19.5 Å². The third kappa shape index (κ3) is 4.19. The summed E-state index contributed by atoms with van der Waals surface area (Å²) < 4.78 is 5.32. The van der Waals surface area contributed by atoms with Crippen molar-refractivity contribution >= 4 is 16.5 Å². The van der Waals surface area contributed by atoms with Crippen LogP contribution in [0.1, 0.15) is 11.9 Å². The van der Waals surface area contributed by atoms with E-state index in [1.54, 1.807) is 0 Å². The Kier molecular flexibility index (Phi) is 4.66. The second-order valence-corrected chi connectivity index (χ2v) is 5.32. The van der Waals surface area contributed by atoms with Crippen molar-refractivity contribution in [1.82, 2.24) is 20.4 Å². The number of anilines is 1. The van der Waals surface area contributed by atoms with Crippen molar-refractivity contribution in [2.24, 2.45) is 0 Å². The minimum atomic E-state index is 0.429. The van der Waals surface area contributed by atoms with Crippen LogP contribution < -0.4 is 11.1 Å². The van der Waals surface area contributed by atoms with Gasteiger partial charge in [0.05, 0.1) is 19.8 Å². The van der Waals surface area contributed by atoms with Crippen LogP contribution in [0.2, 0.25) is 0 Å². The molecule has 1 fully saturated rings. The van der Waals surface area contributed by atoms with E-state index in [4.69, 9.17) is 10.5 Å². The molecule has 0 saturated carbocycles. The zero-order valence-electron chi connectivity index (χ0n) is 10.1. The first kappa shape index (κ1) is 12.7. The number of hydrogen-bond acceptors (Lipinski definition) is 7. The maximum absolute atomic E-state index is 5.53. The molecule has 1 saturated heterocycles. The Balaban J connectivity index is 1.68. The van der Waals surface area contributed by atoms with Crippen LogP contribution in [0.4, 0.5) is 5.13 Å². The Morgan fingerprint density at radius 2 is 2.24 bits per heavy atom. The number of ether oxygens (including phenoxy) is 1. The first-order valence-corrected chi connectivity index (χ1v) is 6.67. The van der Waals surface area contributed by atoms with Crippen LogP contribution in [-0.4, -0.2) is 54.0 Å². The second kappa shape index (κ2) is 6.25. The summed E-state index contributed by atoms with van der Waals surface area (Å²) >= 11 is 1.44. The average molecular weight is 257 g/mol. The van der Waals surface area contributed by atoms with E-state index in [9.17, 15) is 0 Å². The van der Waals surface area contributed by atoms with Crippen LogP contribution in [0, 0.1) is 0 Å². The molecule has 6 nitrogen and oxygen atoms in total. The topological polar surface area (TPSA) is 76.3 Å². The first-order valence-electron chi connectivity index (χ1n) is 5.85. The van der Waals surface area contributed by atoms with Crippen LogP contribution in [-0.2, 0) is 11.3 Å². The van der Waals surface area contributed by atoms with Gasteiger partial charge in [-0.1, -0.05) is 11.3 Å². The third-order valence-corrected chi connectivity index (χ3v) is 3.47. The summed E-state index contributed by atoms with van der Waals surface area (Å²) in [7, 11) is 0. The lowest BCUT2D eigenvalue weighted by atomic mass is 10.3. The molecule has 7 heteroatoms. The summed E-state index contributed by atoms with van der Waals surface area (Å²) in [5, 5.41) is 12.7. The molecule has 2 rings (SSSR count). The minimum Gasteiger partial charge on any atom is -0.379 e. The van der Waals surface area contributed by atoms with Gasteiger partial charge in [-0.05, 0) is 6.92 Å². The van der Waals surface area contributed by atoms with E-state index in [0.717, 1.165) is 44.4 Å². The van der Waals surface area contributed by atoms with Gasteiger partial charge in [-0.15, -0.1) is 10.2 Å². The van der Waals surface area contributed by atoms with Gasteiger partial charge in [0.25, 0.3) is 0 Å². The van der Waals surface area contributed by atoms with Crippen LogP contribution in [0.3, 0.4) is 0 Å². The summed E-state index contributed by atoms with van der Waals surface area (Å²) in [4.78, 5) is 2.41. The number of hydrogen-bond donors (Lipinski definition) is 2. The lowest BCUT2D eigenvalue weighted by Crippen LogP contribution is -2.44. The van der Waals surface area contributed by atoms with Crippen molar-refractivity contribution in [2.75, 3.05) is 38.6 Å². The number of aromatic nitrogens is 2. The Morgan fingerprint density at radius 1 is 1.47 bits per heavy atom. The van der Waals surface area contributed by atoms with E-state index in [-0.39, 0.29) is 0 Å². The Hall–Kier alpha value is -0.760. The van der Waals surface area contributed by atoms with E-state index < -0.39 is 0 Å². The monoisotopic (exact) mass is 257 g/mol. The Bertz CT molecular complexity index is 339. The zero-order valence-corrected chi connectivity index (χ0v) is 10.9. The predicted molar refractivity (Wildman–Crippen MR) is 67.9 cm³/mol. The number of nitrogens with zero attached hydrogens (tertiary/aromatic N) is 3. The van der Waals surface area contributed by atoms with Gasteiger partial charge in [0.1, 0.15) is 5.01 Å². The van der Waals surface area contributed by atoms with E-state index in [2.05, 4.69) is 27.3 Å². The molecule has 0 aromatic carbocycles. The van der Waals surface area contributed by atoms with Crippen LogP contribution in [0.15, 0.2) is 0 Å². The van der Waals surface area contributed by atoms with Crippen molar-refractivity contribution in [3.63, 3.8) is 0 Å². The van der Waals surface area contributed by atoms with Crippen molar-refractivity contribution in [1.29, 1.82) is 0 Å². The molecule has 17 heavy (non-hydrogen) atoms. The highest BCUT2D eigenvalue weighted by Gasteiger charge is 2.13. The third-order valence-electron chi connectivity index (χ3n) is 2.72. The molecule has 0 bridgehead atoms. The molecular formula is C10H19N5OS. The fourth-order valence-electron chi connectivity index (χ4n) is 1.84. The van der Waals surface area contributed by atoms with Crippen molar-refractivity contribution < 1.29 is 4.74 Å². The van der Waals surface area contributed by atoms with Crippen LogP contribution in [0.5, 0.6) is 0 Å². The van der Waals surface area contributed by atoms with Gasteiger partial charge in [-0.25, -0.2) is 0 Å². The van der Waals surface area contributed by atoms with E-state index in [0.29, 0.717) is 11.2 Å². The molecule has 1 unspecified atom stereocenters. The molecule has 1 aliphatic rings. The normalized spacial score (nSPS) is 19.4. The van der Waals surface area contributed by atoms with Gasteiger partial charge in [0.2, 0.25) is 5.13 Å². The molecule has 0 radical (unpaired) electrons. The zero-order chi connectivity index (χ0) is 12.1. The predicted octanol–water partition coefficient (Wildman–Crippen LogP) is -0.0694. The van der Waals surface area contributed by atoms with E-state index >= 15 is 0 Å². The summed E-state index contributed by atoms with van der Waals surface area (Å²) in [6.07, 6.45) is 0. The molecule has 96 valence electrons. The summed E-state index contributed by atoms with van der Waals surface area (Å²) in [6, 6.07) is 0.429. The molecule has 0 aliphatic carbocycles. The van der Waals surface area contributed by atoms with E-state index in [1.165, 1.54) is 11.3 Å². The highest BCUT2D eigenvalue weighted by atomic mass is 32.1. The standard InChI is InChI=1S/C10H19N5OS/c1-8(7-15-2-4-16-5-3-15)12-6-9-13-14-10(11)17-9/h8,12H,2-7H2,1H3,(H2,11,14). The quantitative estimate of drug-likeness (QED) is 0.769. The molecule has 1 aromatic rings. The molecule has 3 N–H and O–H groups in total. The van der Waals surface area contributed by atoms with Gasteiger partial charge >= 0.3 is 0 Å². The maximum Gasteiger partial charge on any atom is 0.203 e. The molecule has 1 atom stereocenters. The highest BCUT2D eigenvalue weighted by Crippen LogP contribution is 2.10. The highest BCUT2D eigenvalue weighted by molar-refractivity contribution is 7.15. The van der Waals surface area contributed by atoms with E-state index in [1.807, 2.05) is 0 Å². The summed E-state index contributed by atoms with van der Waals surface area (Å²) in [6.45, 7) is 7.70. The van der Waals surface area contributed by atoms with Gasteiger partial charge in [0, 0.05) is 25.7 Å². The smallest absolute Gasteiger partial charge is 0.203 e. The molecule has 2 heterocycles. The maximum atomic E-state index is 5.53. The largest absolute Gasteiger partial charge is 0.379 e. The molecule has 0 spiro atoms. The second-order valence-electron chi connectivity index (χ2n) is 4.23. The number of nitrogens with two attached hydrogens (primary N) is 1.